The Bertz CT molecular complexity index is 1330. The topological polar surface area (TPSA) is 141 Å². The van der Waals surface area contributed by atoms with Crippen molar-refractivity contribution in [1.29, 1.82) is 10.5 Å². The van der Waals surface area contributed by atoms with Gasteiger partial charge in [0.15, 0.2) is 5.16 Å². The van der Waals surface area contributed by atoms with Gasteiger partial charge in [-0.25, -0.2) is 18.7 Å². The molecule has 0 unspecified atom stereocenters. The summed E-state index contributed by atoms with van der Waals surface area (Å²) in [7, 11) is 1.47. The number of nitrogen functional groups attached to an aromatic ring is 1. The molecule has 0 atom stereocenters. The summed E-state index contributed by atoms with van der Waals surface area (Å²) in [6.45, 7) is 1.60. The lowest BCUT2D eigenvalue weighted by molar-refractivity contribution is 0.145. The number of halogens is 2. The molecule has 0 fully saturated rings. The number of nitrogens with one attached hydrogen (secondary N) is 1. The number of aromatic nitrogens is 3. The molecule has 1 aromatic carbocycles. The normalized spacial score (nSPS) is 10.6. The Hall–Kier alpha value is -3.96. The van der Waals surface area contributed by atoms with E-state index in [1.165, 1.54) is 13.2 Å². The first-order chi connectivity index (χ1) is 15.3. The molecule has 2 heterocycles. The van der Waals surface area contributed by atoms with Gasteiger partial charge in [0.1, 0.15) is 40.5 Å². The zero-order chi connectivity index (χ0) is 23.4. The first-order valence-corrected chi connectivity index (χ1v) is 10.1. The van der Waals surface area contributed by atoms with Crippen LogP contribution in [0.1, 0.15) is 34.5 Å². The molecule has 0 spiro atoms. The lowest BCUT2D eigenvalue weighted by Crippen LogP contribution is -2.16. The van der Waals surface area contributed by atoms with Crippen LogP contribution in [-0.4, -0.2) is 22.1 Å². The van der Waals surface area contributed by atoms with Crippen molar-refractivity contribution in [2.24, 2.45) is 0 Å². The van der Waals surface area contributed by atoms with Crippen molar-refractivity contribution in [2.45, 2.75) is 24.3 Å². The highest BCUT2D eigenvalue weighted by Gasteiger charge is 2.20. The summed E-state index contributed by atoms with van der Waals surface area (Å²) in [5, 5.41) is 19.2. The highest BCUT2D eigenvalue weighted by molar-refractivity contribution is 7.98. The molecule has 32 heavy (non-hydrogen) atoms. The molecule has 0 saturated heterocycles. The number of anilines is 1. The molecule has 8 nitrogen and oxygen atoms in total. The van der Waals surface area contributed by atoms with E-state index in [1.54, 1.807) is 25.1 Å². The number of alkyl halides is 2. The zero-order valence-electron chi connectivity index (χ0n) is 16.9. The third-order valence-electron chi connectivity index (χ3n) is 4.47. The Morgan fingerprint density at radius 1 is 1.22 bits per heavy atom. The number of rotatable bonds is 6. The molecule has 3 aromatic rings. The Kier molecular flexibility index (Phi) is 6.71. The molecular weight excluding hydrogens is 438 g/mol. The monoisotopic (exact) mass is 454 g/mol. The van der Waals surface area contributed by atoms with Gasteiger partial charge < -0.3 is 15.5 Å². The first-order valence-electron chi connectivity index (χ1n) is 9.08. The number of pyridine rings is 1. The van der Waals surface area contributed by atoms with Crippen LogP contribution < -0.4 is 16.0 Å². The van der Waals surface area contributed by atoms with Gasteiger partial charge in [-0.1, -0.05) is 17.8 Å². The second-order valence-corrected chi connectivity index (χ2v) is 7.49. The standard InChI is InChI=1S/C21H16F2N6O2S/c1-10-5-15(18(22)23)28-21(27-10)32-9-12-6-11(3-4-16(12)31-2)17-13(7-24)19(26)29-20(30)14(17)8-25/h3-6,18H,9H2,1-2H3,(H3,26,29,30). The number of aryl methyl sites for hydroxylation is 1. The van der Waals surface area contributed by atoms with E-state index in [0.29, 0.717) is 22.6 Å². The van der Waals surface area contributed by atoms with Gasteiger partial charge in [0, 0.05) is 22.6 Å². The summed E-state index contributed by atoms with van der Waals surface area (Å²) in [4.78, 5) is 22.5. The highest BCUT2D eigenvalue weighted by Crippen LogP contribution is 2.34. The van der Waals surface area contributed by atoms with E-state index in [-0.39, 0.29) is 39.1 Å². The molecule has 0 bridgehead atoms. The summed E-state index contributed by atoms with van der Waals surface area (Å²) >= 11 is 1.12. The van der Waals surface area contributed by atoms with Crippen LogP contribution in [0.15, 0.2) is 34.2 Å². The van der Waals surface area contributed by atoms with Gasteiger partial charge in [-0.05, 0) is 30.7 Å². The average molecular weight is 454 g/mol. The maximum Gasteiger partial charge on any atom is 0.280 e. The minimum absolute atomic E-state index is 0.0338. The second-order valence-electron chi connectivity index (χ2n) is 6.55. The van der Waals surface area contributed by atoms with Crippen LogP contribution >= 0.6 is 11.8 Å². The van der Waals surface area contributed by atoms with Gasteiger partial charge in [0.25, 0.3) is 12.0 Å². The number of benzene rings is 1. The predicted octanol–water partition coefficient (Wildman–Crippen LogP) is 3.70. The van der Waals surface area contributed by atoms with Gasteiger partial charge in [-0.2, -0.15) is 10.5 Å². The average Bonchev–Trinajstić information content (AvgIpc) is 2.76. The molecule has 162 valence electrons. The van der Waals surface area contributed by atoms with E-state index >= 15 is 0 Å². The van der Waals surface area contributed by atoms with Crippen molar-refractivity contribution < 1.29 is 13.5 Å². The largest absolute Gasteiger partial charge is 0.496 e. The number of ether oxygens (including phenoxy) is 1. The van der Waals surface area contributed by atoms with Crippen molar-refractivity contribution >= 4 is 17.6 Å². The fraction of sp³-hybridized carbons (Fsp3) is 0.190. The summed E-state index contributed by atoms with van der Waals surface area (Å²) in [6, 6.07) is 9.82. The van der Waals surface area contributed by atoms with Crippen LogP contribution in [0.25, 0.3) is 11.1 Å². The Morgan fingerprint density at radius 3 is 2.56 bits per heavy atom. The first kappa shape index (κ1) is 22.7. The van der Waals surface area contributed by atoms with Crippen LogP contribution in [0.2, 0.25) is 0 Å². The van der Waals surface area contributed by atoms with Crippen LogP contribution in [0.5, 0.6) is 5.75 Å². The third-order valence-corrected chi connectivity index (χ3v) is 5.37. The van der Waals surface area contributed by atoms with E-state index in [9.17, 15) is 24.1 Å². The molecule has 3 N–H and O–H groups in total. The minimum Gasteiger partial charge on any atom is -0.496 e. The van der Waals surface area contributed by atoms with E-state index in [2.05, 4.69) is 15.0 Å². The Labute approximate surface area is 185 Å². The van der Waals surface area contributed by atoms with E-state index in [4.69, 9.17) is 10.5 Å². The maximum atomic E-state index is 13.0. The van der Waals surface area contributed by atoms with Crippen LogP contribution in [0, 0.1) is 29.6 Å². The summed E-state index contributed by atoms with van der Waals surface area (Å²) in [5.74, 6) is 0.578. The number of H-pyrrole nitrogens is 1. The minimum atomic E-state index is -2.72. The summed E-state index contributed by atoms with van der Waals surface area (Å²) in [6.07, 6.45) is -2.72. The van der Waals surface area contributed by atoms with Crippen molar-refractivity contribution in [3.63, 3.8) is 0 Å². The van der Waals surface area contributed by atoms with Gasteiger partial charge in [-0.15, -0.1) is 0 Å². The molecule has 0 saturated carbocycles. The highest BCUT2D eigenvalue weighted by atomic mass is 32.2. The molecular formula is C21H16F2N6O2S. The Morgan fingerprint density at radius 2 is 1.94 bits per heavy atom. The van der Waals surface area contributed by atoms with E-state index in [0.717, 1.165) is 11.8 Å². The van der Waals surface area contributed by atoms with Crippen molar-refractivity contribution in [2.75, 3.05) is 12.8 Å². The molecule has 0 aliphatic rings. The van der Waals surface area contributed by atoms with Crippen LogP contribution in [0.3, 0.4) is 0 Å². The number of nitrogens with two attached hydrogens (primary N) is 1. The summed E-state index contributed by atoms with van der Waals surface area (Å²) in [5.41, 5.74) is 5.97. The number of methoxy groups -OCH3 is 1. The van der Waals surface area contributed by atoms with Gasteiger partial charge >= 0.3 is 0 Å². The van der Waals surface area contributed by atoms with Gasteiger partial charge in [0.2, 0.25) is 0 Å². The number of hydrogen-bond donors (Lipinski definition) is 2. The SMILES string of the molecule is COc1ccc(-c2c(C#N)c(N)[nH]c(=O)c2C#N)cc1CSc1nc(C)cc(C(F)F)n1. The Balaban J connectivity index is 2.06. The lowest BCUT2D eigenvalue weighted by Gasteiger charge is -2.13. The van der Waals surface area contributed by atoms with Gasteiger partial charge in [-0.3, -0.25) is 4.79 Å². The number of aromatic amines is 1. The predicted molar refractivity (Wildman–Crippen MR) is 114 cm³/mol. The number of thioether (sulfide) groups is 1. The number of nitrogens with zero attached hydrogens (tertiary/aromatic N) is 4. The fourth-order valence-corrected chi connectivity index (χ4v) is 3.95. The van der Waals surface area contributed by atoms with Crippen molar-refractivity contribution in [3.8, 4) is 29.0 Å². The molecule has 11 heteroatoms. The molecule has 0 aliphatic carbocycles. The molecule has 0 aliphatic heterocycles. The molecule has 2 aromatic heterocycles. The van der Waals surface area contributed by atoms with E-state index < -0.39 is 12.0 Å². The quantitative estimate of drug-likeness (QED) is 0.424. The smallest absolute Gasteiger partial charge is 0.280 e. The number of nitriles is 2. The molecule has 0 amide bonds. The lowest BCUT2D eigenvalue weighted by atomic mass is 9.95. The third kappa shape index (κ3) is 4.53. The summed E-state index contributed by atoms with van der Waals surface area (Å²) < 4.78 is 31.5. The number of hydrogen-bond acceptors (Lipinski definition) is 8. The van der Waals surface area contributed by atoms with Crippen molar-refractivity contribution in [3.05, 3.63) is 62.7 Å². The molecule has 0 radical (unpaired) electrons. The van der Waals surface area contributed by atoms with Gasteiger partial charge in [0.05, 0.1) is 7.11 Å². The molecule has 3 rings (SSSR count). The van der Waals surface area contributed by atoms with E-state index in [1.807, 2.05) is 12.1 Å². The zero-order valence-corrected chi connectivity index (χ0v) is 17.8. The van der Waals surface area contributed by atoms with Crippen molar-refractivity contribution in [1.82, 2.24) is 15.0 Å². The second kappa shape index (κ2) is 9.45. The van der Waals surface area contributed by atoms with Crippen LogP contribution in [-0.2, 0) is 5.75 Å². The van der Waals surface area contributed by atoms with Crippen LogP contribution in [0.4, 0.5) is 14.6 Å². The maximum absolute atomic E-state index is 13.0. The fourth-order valence-electron chi connectivity index (χ4n) is 3.06.